The Morgan fingerprint density at radius 2 is 1.77 bits per heavy atom. The number of ether oxygens (including phenoxy) is 1. The van der Waals surface area contributed by atoms with Crippen LogP contribution in [0.2, 0.25) is 0 Å². The lowest BCUT2D eigenvalue weighted by Crippen LogP contribution is -2.28. The standard InChI is InChI=1S/C21H22N2O2S/c1-3-4-18-9-10-19(26-18)21(24)23-20(16-11-13-22-14-12-16)15-5-7-17(25-2)8-6-15/h5-14,20H,3-4H2,1-2H3,(H,23,24). The van der Waals surface area contributed by atoms with Crippen LogP contribution in [0, 0.1) is 0 Å². The number of benzene rings is 1. The van der Waals surface area contributed by atoms with Crippen LogP contribution >= 0.6 is 11.3 Å². The molecule has 0 aliphatic carbocycles. The first kappa shape index (κ1) is 18.1. The summed E-state index contributed by atoms with van der Waals surface area (Å²) in [5.74, 6) is 0.728. The van der Waals surface area contributed by atoms with Gasteiger partial charge in [-0.15, -0.1) is 11.3 Å². The van der Waals surface area contributed by atoms with Gasteiger partial charge in [0.25, 0.3) is 5.91 Å². The minimum Gasteiger partial charge on any atom is -0.497 e. The molecular formula is C21H22N2O2S. The second-order valence-electron chi connectivity index (χ2n) is 5.98. The Bertz CT molecular complexity index is 844. The topological polar surface area (TPSA) is 51.2 Å². The van der Waals surface area contributed by atoms with E-state index in [1.807, 2.05) is 48.5 Å². The van der Waals surface area contributed by atoms with Gasteiger partial charge in [0.2, 0.25) is 0 Å². The average molecular weight is 366 g/mol. The third-order valence-electron chi connectivity index (χ3n) is 4.15. The van der Waals surface area contributed by atoms with Crippen LogP contribution in [0.5, 0.6) is 5.75 Å². The number of hydrogen-bond acceptors (Lipinski definition) is 4. The summed E-state index contributed by atoms with van der Waals surface area (Å²) in [7, 11) is 1.64. The number of nitrogens with one attached hydrogen (secondary N) is 1. The smallest absolute Gasteiger partial charge is 0.262 e. The first-order valence-electron chi connectivity index (χ1n) is 8.64. The number of carbonyl (C=O) groups is 1. The molecule has 2 heterocycles. The number of nitrogens with zero attached hydrogens (tertiary/aromatic N) is 1. The van der Waals surface area contributed by atoms with E-state index in [0.29, 0.717) is 0 Å². The van der Waals surface area contributed by atoms with E-state index in [1.54, 1.807) is 30.8 Å². The van der Waals surface area contributed by atoms with E-state index < -0.39 is 0 Å². The number of methoxy groups -OCH3 is 1. The molecule has 0 saturated carbocycles. The normalized spacial score (nSPS) is 11.8. The lowest BCUT2D eigenvalue weighted by Gasteiger charge is -2.19. The Morgan fingerprint density at radius 1 is 1.08 bits per heavy atom. The van der Waals surface area contributed by atoms with Gasteiger partial charge in [-0.2, -0.15) is 0 Å². The highest BCUT2D eigenvalue weighted by Crippen LogP contribution is 2.25. The molecule has 0 bridgehead atoms. The molecule has 0 aliphatic rings. The Balaban J connectivity index is 1.86. The molecule has 1 amide bonds. The highest BCUT2D eigenvalue weighted by molar-refractivity contribution is 7.14. The van der Waals surface area contributed by atoms with Gasteiger partial charge in [0.05, 0.1) is 18.0 Å². The molecule has 4 nitrogen and oxygen atoms in total. The minimum absolute atomic E-state index is 0.0602. The number of aromatic nitrogens is 1. The van der Waals surface area contributed by atoms with Gasteiger partial charge >= 0.3 is 0 Å². The molecule has 1 N–H and O–H groups in total. The van der Waals surface area contributed by atoms with Gasteiger partial charge in [-0.1, -0.05) is 25.5 Å². The zero-order chi connectivity index (χ0) is 18.4. The second kappa shape index (κ2) is 8.63. The van der Waals surface area contributed by atoms with Crippen LogP contribution in [0.15, 0.2) is 60.9 Å². The largest absolute Gasteiger partial charge is 0.497 e. The van der Waals surface area contributed by atoms with Crippen molar-refractivity contribution >= 4 is 17.2 Å². The summed E-state index contributed by atoms with van der Waals surface area (Å²) in [4.78, 5) is 18.9. The molecule has 1 atom stereocenters. The average Bonchev–Trinajstić information content (AvgIpc) is 3.16. The van der Waals surface area contributed by atoms with Gasteiger partial charge in [-0.3, -0.25) is 9.78 Å². The van der Waals surface area contributed by atoms with E-state index in [1.165, 1.54) is 4.88 Å². The molecule has 3 rings (SSSR count). The predicted octanol–water partition coefficient (Wildman–Crippen LogP) is 4.62. The van der Waals surface area contributed by atoms with Crippen LogP contribution in [0.25, 0.3) is 0 Å². The van der Waals surface area contributed by atoms with Gasteiger partial charge in [-0.25, -0.2) is 0 Å². The van der Waals surface area contributed by atoms with Crippen molar-refractivity contribution in [2.24, 2.45) is 0 Å². The fourth-order valence-corrected chi connectivity index (χ4v) is 3.81. The molecule has 1 unspecified atom stereocenters. The number of thiophene rings is 1. The van der Waals surface area contributed by atoms with E-state index in [2.05, 4.69) is 17.2 Å². The van der Waals surface area contributed by atoms with Gasteiger partial charge in [0.1, 0.15) is 5.75 Å². The third kappa shape index (κ3) is 4.29. The van der Waals surface area contributed by atoms with Crippen LogP contribution in [0.3, 0.4) is 0 Å². The van der Waals surface area contributed by atoms with Crippen molar-refractivity contribution in [1.82, 2.24) is 10.3 Å². The summed E-state index contributed by atoms with van der Waals surface area (Å²) in [5, 5.41) is 3.16. The van der Waals surface area contributed by atoms with Crippen molar-refractivity contribution in [2.75, 3.05) is 7.11 Å². The molecule has 2 aromatic heterocycles. The van der Waals surface area contributed by atoms with Crippen molar-refractivity contribution < 1.29 is 9.53 Å². The Morgan fingerprint density at radius 3 is 2.42 bits per heavy atom. The molecule has 0 fully saturated rings. The van der Waals surface area contributed by atoms with Crippen LogP contribution in [0.4, 0.5) is 0 Å². The van der Waals surface area contributed by atoms with Crippen LogP contribution in [-0.4, -0.2) is 18.0 Å². The van der Waals surface area contributed by atoms with Crippen LogP contribution in [-0.2, 0) is 6.42 Å². The Labute approximate surface area is 157 Å². The summed E-state index contributed by atoms with van der Waals surface area (Å²) in [6.45, 7) is 2.14. The quantitative estimate of drug-likeness (QED) is 0.664. The van der Waals surface area contributed by atoms with Crippen LogP contribution in [0.1, 0.15) is 45.1 Å². The van der Waals surface area contributed by atoms with E-state index in [9.17, 15) is 4.79 Å². The molecule has 1 aromatic carbocycles. The molecule has 5 heteroatoms. The lowest BCUT2D eigenvalue weighted by atomic mass is 9.99. The highest BCUT2D eigenvalue weighted by atomic mass is 32.1. The maximum atomic E-state index is 12.8. The van der Waals surface area contributed by atoms with Crippen molar-refractivity contribution in [3.63, 3.8) is 0 Å². The van der Waals surface area contributed by atoms with Gasteiger partial charge in [0.15, 0.2) is 0 Å². The molecule has 0 aliphatic heterocycles. The molecule has 0 radical (unpaired) electrons. The first-order chi connectivity index (χ1) is 12.7. The monoisotopic (exact) mass is 366 g/mol. The molecule has 0 saturated heterocycles. The van der Waals surface area contributed by atoms with Crippen molar-refractivity contribution in [2.45, 2.75) is 25.8 Å². The number of hydrogen-bond donors (Lipinski definition) is 1. The fraction of sp³-hybridized carbons (Fsp3) is 0.238. The second-order valence-corrected chi connectivity index (χ2v) is 7.14. The van der Waals surface area contributed by atoms with Crippen molar-refractivity contribution in [1.29, 1.82) is 0 Å². The molecular weight excluding hydrogens is 344 g/mol. The van der Waals surface area contributed by atoms with E-state index in [0.717, 1.165) is 34.6 Å². The summed E-state index contributed by atoms with van der Waals surface area (Å²) in [5.41, 5.74) is 1.99. The van der Waals surface area contributed by atoms with Gasteiger partial charge < -0.3 is 10.1 Å². The lowest BCUT2D eigenvalue weighted by molar-refractivity contribution is 0.0947. The third-order valence-corrected chi connectivity index (χ3v) is 5.29. The summed E-state index contributed by atoms with van der Waals surface area (Å²) >= 11 is 1.56. The molecule has 0 spiro atoms. The molecule has 26 heavy (non-hydrogen) atoms. The van der Waals surface area contributed by atoms with Gasteiger partial charge in [0, 0.05) is 17.3 Å². The van der Waals surface area contributed by atoms with E-state index in [4.69, 9.17) is 4.74 Å². The maximum Gasteiger partial charge on any atom is 0.262 e. The first-order valence-corrected chi connectivity index (χ1v) is 9.46. The number of carbonyl (C=O) groups excluding carboxylic acids is 1. The van der Waals surface area contributed by atoms with E-state index >= 15 is 0 Å². The van der Waals surface area contributed by atoms with E-state index in [-0.39, 0.29) is 11.9 Å². The van der Waals surface area contributed by atoms with Crippen molar-refractivity contribution in [3.8, 4) is 5.75 Å². The fourth-order valence-electron chi connectivity index (χ4n) is 2.79. The number of amides is 1. The summed E-state index contributed by atoms with van der Waals surface area (Å²) < 4.78 is 5.24. The predicted molar refractivity (Wildman–Crippen MR) is 105 cm³/mol. The van der Waals surface area contributed by atoms with Crippen LogP contribution < -0.4 is 10.1 Å². The zero-order valence-electron chi connectivity index (χ0n) is 14.9. The maximum absolute atomic E-state index is 12.8. The molecule has 3 aromatic rings. The Kier molecular flexibility index (Phi) is 6.02. The van der Waals surface area contributed by atoms with Crippen molar-refractivity contribution in [3.05, 3.63) is 81.8 Å². The Hall–Kier alpha value is -2.66. The summed E-state index contributed by atoms with van der Waals surface area (Å²) in [6.07, 6.45) is 5.56. The molecule has 134 valence electrons. The summed E-state index contributed by atoms with van der Waals surface area (Å²) in [6, 6.07) is 15.3. The highest BCUT2D eigenvalue weighted by Gasteiger charge is 2.19. The number of rotatable bonds is 7. The number of pyridine rings is 1. The van der Waals surface area contributed by atoms with Gasteiger partial charge in [-0.05, 0) is 53.9 Å². The minimum atomic E-state index is -0.242. The zero-order valence-corrected chi connectivity index (χ0v) is 15.8. The number of aryl methyl sites for hydroxylation is 1. The SMILES string of the molecule is CCCc1ccc(C(=O)NC(c2ccncc2)c2ccc(OC)cc2)s1.